The normalized spacial score (nSPS) is 13.7. The molecular formula is C18H20F2N2O3S. The molecule has 0 aliphatic carbocycles. The lowest BCUT2D eigenvalue weighted by atomic mass is 10.1. The minimum atomic E-state index is -3.83. The fourth-order valence-electron chi connectivity index (χ4n) is 2.59. The molecule has 0 heterocycles. The van der Waals surface area contributed by atoms with Crippen molar-refractivity contribution in [3.05, 3.63) is 65.7 Å². The number of carbonyl (C=O) groups excluding carboxylic acids is 1. The molecule has 2 aromatic carbocycles. The van der Waals surface area contributed by atoms with Gasteiger partial charge in [0.05, 0.1) is 18.0 Å². The van der Waals surface area contributed by atoms with E-state index >= 15 is 0 Å². The van der Waals surface area contributed by atoms with Crippen molar-refractivity contribution >= 4 is 21.6 Å². The third kappa shape index (κ3) is 4.78. The van der Waals surface area contributed by atoms with Crippen LogP contribution in [0.3, 0.4) is 0 Å². The lowest BCUT2D eigenvalue weighted by molar-refractivity contribution is -0.122. The summed E-state index contributed by atoms with van der Waals surface area (Å²) in [7, 11) is -3.83. The zero-order valence-corrected chi connectivity index (χ0v) is 15.4. The molecule has 0 spiro atoms. The molecule has 1 N–H and O–H groups in total. The molecule has 0 aromatic heterocycles. The van der Waals surface area contributed by atoms with Crippen LogP contribution in [0.25, 0.3) is 0 Å². The van der Waals surface area contributed by atoms with Gasteiger partial charge < -0.3 is 5.32 Å². The maximum Gasteiger partial charge on any atom is 0.244 e. The molecule has 1 amide bonds. The molecule has 140 valence electrons. The van der Waals surface area contributed by atoms with E-state index in [1.807, 2.05) is 0 Å². The molecule has 0 unspecified atom stereocenters. The smallest absolute Gasteiger partial charge is 0.244 e. The third-order valence-corrected chi connectivity index (χ3v) is 5.12. The van der Waals surface area contributed by atoms with E-state index < -0.39 is 39.6 Å². The van der Waals surface area contributed by atoms with Crippen LogP contribution in [0.4, 0.5) is 14.5 Å². The first-order valence-corrected chi connectivity index (χ1v) is 9.75. The van der Waals surface area contributed by atoms with Crippen molar-refractivity contribution in [3.63, 3.8) is 0 Å². The van der Waals surface area contributed by atoms with E-state index in [0.29, 0.717) is 5.56 Å². The quantitative estimate of drug-likeness (QED) is 0.835. The minimum Gasteiger partial charge on any atom is -0.348 e. The molecule has 26 heavy (non-hydrogen) atoms. The minimum absolute atomic E-state index is 0.0598. The second-order valence-corrected chi connectivity index (χ2v) is 7.86. The van der Waals surface area contributed by atoms with Crippen LogP contribution in [0, 0.1) is 11.6 Å². The van der Waals surface area contributed by atoms with E-state index in [1.165, 1.54) is 49.4 Å². The topological polar surface area (TPSA) is 66.5 Å². The van der Waals surface area contributed by atoms with Crippen molar-refractivity contribution in [1.29, 1.82) is 0 Å². The number of benzene rings is 2. The van der Waals surface area contributed by atoms with Crippen molar-refractivity contribution in [3.8, 4) is 0 Å². The van der Waals surface area contributed by atoms with Gasteiger partial charge in [0.25, 0.3) is 0 Å². The first kappa shape index (κ1) is 19.8. The molecule has 2 rings (SSSR count). The fraction of sp³-hybridized carbons (Fsp3) is 0.278. The summed E-state index contributed by atoms with van der Waals surface area (Å²) in [6.07, 6.45) is 0.949. The molecule has 0 aliphatic rings. The Morgan fingerprint density at radius 1 is 1.04 bits per heavy atom. The lowest BCUT2D eigenvalue weighted by Crippen LogP contribution is -2.48. The molecule has 0 aliphatic heterocycles. The Hall–Kier alpha value is -2.48. The highest BCUT2D eigenvalue weighted by Gasteiger charge is 2.30. The molecular weight excluding hydrogens is 362 g/mol. The lowest BCUT2D eigenvalue weighted by Gasteiger charge is -2.29. The average Bonchev–Trinajstić information content (AvgIpc) is 2.54. The van der Waals surface area contributed by atoms with Crippen molar-refractivity contribution in [2.45, 2.75) is 25.9 Å². The van der Waals surface area contributed by atoms with E-state index in [0.717, 1.165) is 16.6 Å². The maximum atomic E-state index is 13.5. The number of sulfonamides is 1. The zero-order chi connectivity index (χ0) is 19.5. The first-order chi connectivity index (χ1) is 12.1. The number of nitrogens with one attached hydrogen (secondary N) is 1. The predicted octanol–water partition coefficient (Wildman–Crippen LogP) is 3.00. The highest BCUT2D eigenvalue weighted by molar-refractivity contribution is 7.92. The monoisotopic (exact) mass is 382 g/mol. The summed E-state index contributed by atoms with van der Waals surface area (Å²) < 4.78 is 51.7. The number of nitrogens with zero attached hydrogens (tertiary/aromatic N) is 1. The second kappa shape index (κ2) is 7.82. The molecule has 0 saturated heterocycles. The van der Waals surface area contributed by atoms with Gasteiger partial charge in [-0.25, -0.2) is 17.2 Å². The van der Waals surface area contributed by atoms with Crippen LogP contribution in [0.1, 0.15) is 25.5 Å². The van der Waals surface area contributed by atoms with E-state index in [4.69, 9.17) is 0 Å². The van der Waals surface area contributed by atoms with E-state index in [-0.39, 0.29) is 5.69 Å². The van der Waals surface area contributed by atoms with Crippen LogP contribution in [0.2, 0.25) is 0 Å². The highest BCUT2D eigenvalue weighted by Crippen LogP contribution is 2.22. The van der Waals surface area contributed by atoms with Crippen molar-refractivity contribution in [1.82, 2.24) is 5.32 Å². The number of anilines is 1. The van der Waals surface area contributed by atoms with Gasteiger partial charge in [-0.2, -0.15) is 0 Å². The molecule has 0 bridgehead atoms. The number of carbonyl (C=O) groups is 1. The fourth-order valence-corrected chi connectivity index (χ4v) is 3.76. The van der Waals surface area contributed by atoms with Gasteiger partial charge in [-0.3, -0.25) is 9.10 Å². The number of halogens is 2. The van der Waals surface area contributed by atoms with Gasteiger partial charge >= 0.3 is 0 Å². The molecule has 0 radical (unpaired) electrons. The molecule has 8 heteroatoms. The Morgan fingerprint density at radius 3 is 2.19 bits per heavy atom. The molecule has 0 fully saturated rings. The predicted molar refractivity (Wildman–Crippen MR) is 96.1 cm³/mol. The molecule has 5 nitrogen and oxygen atoms in total. The van der Waals surface area contributed by atoms with Crippen molar-refractivity contribution in [2.75, 3.05) is 10.6 Å². The van der Waals surface area contributed by atoms with Gasteiger partial charge in [0.1, 0.15) is 17.7 Å². The molecule has 2 aromatic rings. The van der Waals surface area contributed by atoms with Gasteiger partial charge in [-0.05, 0) is 49.7 Å². The number of amides is 1. The first-order valence-electron chi connectivity index (χ1n) is 7.90. The molecule has 0 saturated carbocycles. The van der Waals surface area contributed by atoms with Crippen LogP contribution in [0.5, 0.6) is 0 Å². The summed E-state index contributed by atoms with van der Waals surface area (Å²) in [5, 5.41) is 2.69. The highest BCUT2D eigenvalue weighted by atomic mass is 32.2. The average molecular weight is 382 g/mol. The summed E-state index contributed by atoms with van der Waals surface area (Å²) in [5.41, 5.74) is 0.730. The summed E-state index contributed by atoms with van der Waals surface area (Å²) in [5.74, 6) is -1.56. The third-order valence-electron chi connectivity index (χ3n) is 3.88. The van der Waals surface area contributed by atoms with Crippen molar-refractivity contribution < 1.29 is 22.0 Å². The van der Waals surface area contributed by atoms with Crippen LogP contribution in [-0.4, -0.2) is 26.6 Å². The van der Waals surface area contributed by atoms with Gasteiger partial charge in [0, 0.05) is 0 Å². The number of hydrogen-bond acceptors (Lipinski definition) is 3. The molecule has 2 atom stereocenters. The summed E-state index contributed by atoms with van der Waals surface area (Å²) in [6, 6.07) is 9.08. The summed E-state index contributed by atoms with van der Waals surface area (Å²) in [4.78, 5) is 12.6. The van der Waals surface area contributed by atoms with Crippen LogP contribution in [-0.2, 0) is 14.8 Å². The van der Waals surface area contributed by atoms with Crippen LogP contribution in [0.15, 0.2) is 48.5 Å². The maximum absolute atomic E-state index is 13.5. The summed E-state index contributed by atoms with van der Waals surface area (Å²) in [6.45, 7) is 3.11. The number of hydrogen-bond donors (Lipinski definition) is 1. The number of rotatable bonds is 6. The zero-order valence-electron chi connectivity index (χ0n) is 14.6. The second-order valence-electron chi connectivity index (χ2n) is 6.00. The van der Waals surface area contributed by atoms with Crippen LogP contribution >= 0.6 is 0 Å². The van der Waals surface area contributed by atoms with E-state index in [2.05, 4.69) is 5.32 Å². The Labute approximate surface area is 151 Å². The Balaban J connectivity index is 2.23. The standard InChI is InChI=1S/C18H20F2N2O3S/c1-12(14-7-9-15(19)10-8-14)21-18(23)13(2)22(26(3,24)25)17-6-4-5-16(20)11-17/h4-13H,1-3H3,(H,21,23)/t12-,13-/m1/s1. The van der Waals surface area contributed by atoms with Gasteiger partial charge in [-0.15, -0.1) is 0 Å². The van der Waals surface area contributed by atoms with Crippen LogP contribution < -0.4 is 9.62 Å². The van der Waals surface area contributed by atoms with E-state index in [1.54, 1.807) is 6.92 Å². The van der Waals surface area contributed by atoms with E-state index in [9.17, 15) is 22.0 Å². The Kier molecular flexibility index (Phi) is 5.97. The Bertz CT molecular complexity index is 886. The van der Waals surface area contributed by atoms with Crippen molar-refractivity contribution in [2.24, 2.45) is 0 Å². The van der Waals surface area contributed by atoms with Gasteiger partial charge in [0.15, 0.2) is 0 Å². The van der Waals surface area contributed by atoms with Gasteiger partial charge in [-0.1, -0.05) is 18.2 Å². The summed E-state index contributed by atoms with van der Waals surface area (Å²) >= 11 is 0. The van der Waals surface area contributed by atoms with Gasteiger partial charge in [0.2, 0.25) is 15.9 Å². The largest absolute Gasteiger partial charge is 0.348 e. The Morgan fingerprint density at radius 2 is 1.65 bits per heavy atom. The SMILES string of the molecule is C[C@H](C(=O)N[C@H](C)c1ccc(F)cc1)N(c1cccc(F)c1)S(C)(=O)=O.